The van der Waals surface area contributed by atoms with Crippen molar-refractivity contribution in [2.45, 2.75) is 47.0 Å². The van der Waals surface area contributed by atoms with Gasteiger partial charge in [-0.2, -0.15) is 0 Å². The highest BCUT2D eigenvalue weighted by Crippen LogP contribution is 2.27. The van der Waals surface area contributed by atoms with Crippen LogP contribution < -0.4 is 5.32 Å². The maximum absolute atomic E-state index is 3.61. The van der Waals surface area contributed by atoms with Gasteiger partial charge in [-0.25, -0.2) is 0 Å². The summed E-state index contributed by atoms with van der Waals surface area (Å²) in [4.78, 5) is 1.52. The maximum atomic E-state index is 3.61. The van der Waals surface area contributed by atoms with E-state index in [1.807, 2.05) is 11.3 Å². The van der Waals surface area contributed by atoms with Crippen molar-refractivity contribution in [3.05, 3.63) is 22.4 Å². The lowest BCUT2D eigenvalue weighted by Gasteiger charge is -2.29. The van der Waals surface area contributed by atoms with E-state index in [9.17, 15) is 0 Å². The summed E-state index contributed by atoms with van der Waals surface area (Å²) < 4.78 is 0. The number of rotatable bonds is 8. The van der Waals surface area contributed by atoms with Crippen LogP contribution >= 0.6 is 11.3 Å². The summed E-state index contributed by atoms with van der Waals surface area (Å²) in [5.41, 5.74) is 0.443. The van der Waals surface area contributed by atoms with Crippen molar-refractivity contribution in [1.29, 1.82) is 0 Å². The third-order valence-electron chi connectivity index (χ3n) is 3.51. The second-order valence-corrected chi connectivity index (χ2v) is 6.80. The van der Waals surface area contributed by atoms with Crippen LogP contribution in [0.3, 0.4) is 0 Å². The number of nitrogens with one attached hydrogen (secondary N) is 1. The van der Waals surface area contributed by atoms with Gasteiger partial charge < -0.3 is 5.32 Å². The van der Waals surface area contributed by atoms with Gasteiger partial charge in [0.2, 0.25) is 0 Å². The highest BCUT2D eigenvalue weighted by molar-refractivity contribution is 7.09. The fourth-order valence-electron chi connectivity index (χ4n) is 1.93. The molecule has 98 valence electrons. The molecule has 2 heteroatoms. The molecule has 1 N–H and O–H groups in total. The van der Waals surface area contributed by atoms with E-state index in [0.717, 1.165) is 19.0 Å². The first-order valence-corrected chi connectivity index (χ1v) is 7.67. The molecule has 0 aliphatic carbocycles. The van der Waals surface area contributed by atoms with Crippen molar-refractivity contribution in [2.75, 3.05) is 13.1 Å². The summed E-state index contributed by atoms with van der Waals surface area (Å²) in [6.07, 6.45) is 3.77. The SMILES string of the molecule is CCC(C)(CCc1cccs1)CNCC(C)C. The summed E-state index contributed by atoms with van der Waals surface area (Å²) in [5, 5.41) is 5.79. The average molecular weight is 253 g/mol. The molecule has 0 aliphatic rings. The molecule has 1 atom stereocenters. The van der Waals surface area contributed by atoms with Gasteiger partial charge in [-0.15, -0.1) is 11.3 Å². The van der Waals surface area contributed by atoms with Crippen molar-refractivity contribution in [3.8, 4) is 0 Å². The molecule has 1 aromatic rings. The molecular weight excluding hydrogens is 226 g/mol. The molecule has 0 spiro atoms. The van der Waals surface area contributed by atoms with Gasteiger partial charge in [0, 0.05) is 11.4 Å². The van der Waals surface area contributed by atoms with Crippen molar-refractivity contribution in [3.63, 3.8) is 0 Å². The molecule has 17 heavy (non-hydrogen) atoms. The number of aryl methyl sites for hydroxylation is 1. The maximum Gasteiger partial charge on any atom is 0.00454 e. The normalized spacial score (nSPS) is 15.1. The minimum Gasteiger partial charge on any atom is -0.316 e. The van der Waals surface area contributed by atoms with Gasteiger partial charge in [-0.1, -0.05) is 33.8 Å². The highest BCUT2D eigenvalue weighted by atomic mass is 32.1. The molecule has 0 amide bonds. The zero-order valence-corrected chi connectivity index (χ0v) is 12.6. The van der Waals surface area contributed by atoms with Crippen LogP contribution in [-0.2, 0) is 6.42 Å². The average Bonchev–Trinajstić information content (AvgIpc) is 2.79. The molecular formula is C15H27NS. The third kappa shape index (κ3) is 5.69. The molecule has 0 saturated carbocycles. The quantitative estimate of drug-likeness (QED) is 0.726. The van der Waals surface area contributed by atoms with Crippen LogP contribution in [0, 0.1) is 11.3 Å². The van der Waals surface area contributed by atoms with Crippen LogP contribution in [0.25, 0.3) is 0 Å². The van der Waals surface area contributed by atoms with Crippen molar-refractivity contribution >= 4 is 11.3 Å². The van der Waals surface area contributed by atoms with Crippen LogP contribution in [0.2, 0.25) is 0 Å². The number of hydrogen-bond donors (Lipinski definition) is 1. The van der Waals surface area contributed by atoms with Crippen LogP contribution in [-0.4, -0.2) is 13.1 Å². The van der Waals surface area contributed by atoms with Crippen molar-refractivity contribution < 1.29 is 0 Å². The summed E-state index contributed by atoms with van der Waals surface area (Å²) in [6.45, 7) is 11.5. The molecule has 1 heterocycles. The summed E-state index contributed by atoms with van der Waals surface area (Å²) in [5.74, 6) is 0.744. The van der Waals surface area contributed by atoms with Gasteiger partial charge >= 0.3 is 0 Å². The molecule has 0 radical (unpaired) electrons. The lowest BCUT2D eigenvalue weighted by atomic mass is 9.82. The first-order chi connectivity index (χ1) is 8.06. The molecule has 0 bridgehead atoms. The van der Waals surface area contributed by atoms with E-state index in [4.69, 9.17) is 0 Å². The van der Waals surface area contributed by atoms with E-state index in [1.54, 1.807) is 0 Å². The Kier molecular flexibility index (Phi) is 6.21. The Morgan fingerprint density at radius 3 is 2.71 bits per heavy atom. The van der Waals surface area contributed by atoms with Crippen LogP contribution in [0.1, 0.15) is 45.4 Å². The van der Waals surface area contributed by atoms with Crippen LogP contribution in [0.5, 0.6) is 0 Å². The zero-order chi connectivity index (χ0) is 12.7. The predicted molar refractivity (Wildman–Crippen MR) is 78.7 cm³/mol. The first kappa shape index (κ1) is 14.7. The molecule has 1 nitrogen and oxygen atoms in total. The Balaban J connectivity index is 2.34. The van der Waals surface area contributed by atoms with E-state index in [0.29, 0.717) is 5.41 Å². The fourth-order valence-corrected chi connectivity index (χ4v) is 2.64. The monoisotopic (exact) mass is 253 g/mol. The Morgan fingerprint density at radius 1 is 1.41 bits per heavy atom. The summed E-state index contributed by atoms with van der Waals surface area (Å²) >= 11 is 1.88. The minimum absolute atomic E-state index is 0.443. The van der Waals surface area contributed by atoms with Crippen molar-refractivity contribution in [1.82, 2.24) is 5.32 Å². The molecule has 1 unspecified atom stereocenters. The fraction of sp³-hybridized carbons (Fsp3) is 0.733. The van der Waals surface area contributed by atoms with Gasteiger partial charge in [-0.05, 0) is 48.6 Å². The number of thiophene rings is 1. The third-order valence-corrected chi connectivity index (χ3v) is 4.45. The van der Waals surface area contributed by atoms with E-state index in [2.05, 4.69) is 50.5 Å². The first-order valence-electron chi connectivity index (χ1n) is 6.79. The van der Waals surface area contributed by atoms with Gasteiger partial charge in [0.05, 0.1) is 0 Å². The van der Waals surface area contributed by atoms with Crippen LogP contribution in [0.15, 0.2) is 17.5 Å². The number of hydrogen-bond acceptors (Lipinski definition) is 2. The van der Waals surface area contributed by atoms with Crippen LogP contribution in [0.4, 0.5) is 0 Å². The van der Waals surface area contributed by atoms with E-state index >= 15 is 0 Å². The molecule has 1 aromatic heterocycles. The summed E-state index contributed by atoms with van der Waals surface area (Å²) in [6, 6.07) is 4.41. The van der Waals surface area contributed by atoms with E-state index < -0.39 is 0 Å². The highest BCUT2D eigenvalue weighted by Gasteiger charge is 2.21. The largest absolute Gasteiger partial charge is 0.316 e. The second-order valence-electron chi connectivity index (χ2n) is 5.77. The van der Waals surface area contributed by atoms with Gasteiger partial charge in [0.25, 0.3) is 0 Å². The summed E-state index contributed by atoms with van der Waals surface area (Å²) in [7, 11) is 0. The van der Waals surface area contributed by atoms with E-state index in [-0.39, 0.29) is 0 Å². The Hall–Kier alpha value is -0.340. The topological polar surface area (TPSA) is 12.0 Å². The lowest BCUT2D eigenvalue weighted by molar-refractivity contribution is 0.266. The molecule has 0 aromatic carbocycles. The predicted octanol–water partition coefficient (Wildman–Crippen LogP) is 4.34. The standard InChI is InChI=1S/C15H27NS/c1-5-15(4,12-16-11-13(2)3)9-8-14-7-6-10-17-14/h6-7,10,13,16H,5,8-9,11-12H2,1-4H3. The van der Waals surface area contributed by atoms with Crippen molar-refractivity contribution in [2.24, 2.45) is 11.3 Å². The molecule has 0 aliphatic heterocycles. The Labute approximate surface area is 111 Å². The lowest BCUT2D eigenvalue weighted by Crippen LogP contribution is -2.33. The zero-order valence-electron chi connectivity index (χ0n) is 11.8. The second kappa shape index (κ2) is 7.17. The smallest absolute Gasteiger partial charge is 0.00454 e. The van der Waals surface area contributed by atoms with Gasteiger partial charge in [0.1, 0.15) is 0 Å². The van der Waals surface area contributed by atoms with Gasteiger partial charge in [0.15, 0.2) is 0 Å². The van der Waals surface area contributed by atoms with E-state index in [1.165, 1.54) is 24.1 Å². The molecule has 0 saturated heterocycles. The molecule has 0 fully saturated rings. The molecule has 1 rings (SSSR count). The Morgan fingerprint density at radius 2 is 2.18 bits per heavy atom. The Bertz CT molecular complexity index is 292. The van der Waals surface area contributed by atoms with Gasteiger partial charge in [-0.3, -0.25) is 0 Å². The minimum atomic E-state index is 0.443.